The maximum atomic E-state index is 12.3. The molecule has 0 radical (unpaired) electrons. The molecule has 0 spiro atoms. The predicted molar refractivity (Wildman–Crippen MR) is 112 cm³/mol. The van der Waals surface area contributed by atoms with Crippen LogP contribution in [0, 0.1) is 0 Å². The molecule has 2 N–H and O–H groups in total. The average molecular weight is 392 g/mol. The Bertz CT molecular complexity index is 1010. The highest BCUT2D eigenvalue weighted by Crippen LogP contribution is 2.18. The fourth-order valence-electron chi connectivity index (χ4n) is 3.03. The summed E-state index contributed by atoms with van der Waals surface area (Å²) >= 11 is 0. The molecule has 29 heavy (non-hydrogen) atoms. The molecule has 0 atom stereocenters. The zero-order chi connectivity index (χ0) is 20.6. The van der Waals surface area contributed by atoms with Crippen molar-refractivity contribution in [1.29, 1.82) is 0 Å². The summed E-state index contributed by atoms with van der Waals surface area (Å²) in [6.45, 7) is 1.74. The Balaban J connectivity index is 1.53. The van der Waals surface area contributed by atoms with E-state index in [1.807, 2.05) is 24.3 Å². The van der Waals surface area contributed by atoms with Gasteiger partial charge >= 0.3 is 5.97 Å². The number of para-hydroxylation sites is 1. The maximum absolute atomic E-state index is 12.3. The van der Waals surface area contributed by atoms with E-state index in [0.29, 0.717) is 23.2 Å². The summed E-state index contributed by atoms with van der Waals surface area (Å²) in [4.78, 5) is 39.5. The van der Waals surface area contributed by atoms with Gasteiger partial charge in [-0.25, -0.2) is 4.79 Å². The molecule has 0 aliphatic rings. The Morgan fingerprint density at radius 1 is 1.00 bits per heavy atom. The van der Waals surface area contributed by atoms with Crippen LogP contribution in [0.4, 0.5) is 5.69 Å². The van der Waals surface area contributed by atoms with Gasteiger partial charge in [0.1, 0.15) is 0 Å². The number of fused-ring (bicyclic) bond motifs is 1. The van der Waals surface area contributed by atoms with Gasteiger partial charge in [0.2, 0.25) is 5.91 Å². The third kappa shape index (κ3) is 5.31. The second-order valence-electron chi connectivity index (χ2n) is 6.83. The Kier molecular flexibility index (Phi) is 6.79. The van der Waals surface area contributed by atoms with Crippen LogP contribution in [0.2, 0.25) is 0 Å². The van der Waals surface area contributed by atoms with Gasteiger partial charge in [-0.3, -0.25) is 9.59 Å². The number of H-pyrrole nitrogens is 1. The Morgan fingerprint density at radius 3 is 2.52 bits per heavy atom. The number of Topliss-reactive ketones (excluding diaryl/α,β-unsaturated/α-hetero) is 1. The van der Waals surface area contributed by atoms with E-state index in [1.54, 1.807) is 30.5 Å². The van der Waals surface area contributed by atoms with Crippen molar-refractivity contribution in [2.24, 2.45) is 0 Å². The third-order valence-corrected chi connectivity index (χ3v) is 4.64. The fourth-order valence-corrected chi connectivity index (χ4v) is 3.03. The Morgan fingerprint density at radius 2 is 1.76 bits per heavy atom. The van der Waals surface area contributed by atoms with E-state index in [1.165, 1.54) is 0 Å². The van der Waals surface area contributed by atoms with Crippen molar-refractivity contribution in [1.82, 2.24) is 4.98 Å². The van der Waals surface area contributed by atoms with Crippen LogP contribution >= 0.6 is 0 Å². The van der Waals surface area contributed by atoms with Crippen LogP contribution in [-0.2, 0) is 9.53 Å². The van der Waals surface area contributed by atoms with Gasteiger partial charge in [-0.15, -0.1) is 0 Å². The van der Waals surface area contributed by atoms with Gasteiger partial charge < -0.3 is 15.0 Å². The standard InChI is InChI=1S/C23H24N2O4/c1-2-3-4-9-22(27)25-17-12-10-16(11-13-17)21(26)15-29-23(28)19-14-24-20-8-6-5-7-18(19)20/h5-8,10-14,24H,2-4,9,15H2,1H3,(H,25,27). The lowest BCUT2D eigenvalue weighted by Gasteiger charge is -2.07. The van der Waals surface area contributed by atoms with Crippen molar-refractivity contribution in [3.63, 3.8) is 0 Å². The number of hydrogen-bond donors (Lipinski definition) is 2. The third-order valence-electron chi connectivity index (χ3n) is 4.64. The predicted octanol–water partition coefficient (Wildman–Crippen LogP) is 4.73. The molecule has 1 amide bonds. The SMILES string of the molecule is CCCCCC(=O)Nc1ccc(C(=O)COC(=O)c2c[nH]c3ccccc23)cc1. The van der Waals surface area contributed by atoms with E-state index >= 15 is 0 Å². The molecule has 0 saturated carbocycles. The maximum Gasteiger partial charge on any atom is 0.340 e. The number of carbonyl (C=O) groups is 3. The van der Waals surface area contributed by atoms with Crippen LogP contribution in [-0.4, -0.2) is 29.3 Å². The van der Waals surface area contributed by atoms with Crippen LogP contribution < -0.4 is 5.32 Å². The molecule has 0 fully saturated rings. The first-order valence-electron chi connectivity index (χ1n) is 9.75. The molecule has 2 aromatic carbocycles. The zero-order valence-corrected chi connectivity index (χ0v) is 16.4. The van der Waals surface area contributed by atoms with E-state index in [0.717, 1.165) is 30.2 Å². The molecule has 1 heterocycles. The van der Waals surface area contributed by atoms with Crippen molar-refractivity contribution in [2.45, 2.75) is 32.6 Å². The Labute approximate surface area is 169 Å². The molecule has 6 heteroatoms. The molecule has 6 nitrogen and oxygen atoms in total. The summed E-state index contributed by atoms with van der Waals surface area (Å²) in [6, 6.07) is 14.0. The number of unbranched alkanes of at least 4 members (excludes halogenated alkanes) is 2. The number of ketones is 1. The molecule has 0 saturated heterocycles. The quantitative estimate of drug-likeness (QED) is 0.313. The number of benzene rings is 2. The number of amides is 1. The minimum Gasteiger partial charge on any atom is -0.454 e. The lowest BCUT2D eigenvalue weighted by Crippen LogP contribution is -2.14. The number of anilines is 1. The second-order valence-corrected chi connectivity index (χ2v) is 6.83. The number of hydrogen-bond acceptors (Lipinski definition) is 4. The monoisotopic (exact) mass is 392 g/mol. The molecule has 0 unspecified atom stereocenters. The highest BCUT2D eigenvalue weighted by molar-refractivity contribution is 6.05. The number of carbonyl (C=O) groups excluding carboxylic acids is 3. The van der Waals surface area contributed by atoms with E-state index < -0.39 is 5.97 Å². The molecular weight excluding hydrogens is 368 g/mol. The summed E-state index contributed by atoms with van der Waals surface area (Å²) in [7, 11) is 0. The van der Waals surface area contributed by atoms with Crippen LogP contribution in [0.25, 0.3) is 10.9 Å². The fraction of sp³-hybridized carbons (Fsp3) is 0.261. The number of esters is 1. The van der Waals surface area contributed by atoms with Gasteiger partial charge in [-0.1, -0.05) is 38.0 Å². The van der Waals surface area contributed by atoms with Gasteiger partial charge in [-0.05, 0) is 36.8 Å². The molecule has 3 aromatic rings. The Hall–Kier alpha value is -3.41. The van der Waals surface area contributed by atoms with E-state index in [2.05, 4.69) is 17.2 Å². The molecular formula is C23H24N2O4. The summed E-state index contributed by atoms with van der Waals surface area (Å²) in [5, 5.41) is 3.57. The lowest BCUT2D eigenvalue weighted by molar-refractivity contribution is -0.116. The number of ether oxygens (including phenoxy) is 1. The summed E-state index contributed by atoms with van der Waals surface area (Å²) in [6.07, 6.45) is 5.02. The highest BCUT2D eigenvalue weighted by Gasteiger charge is 2.15. The first kappa shape index (κ1) is 20.3. The minimum absolute atomic E-state index is 0.0369. The second kappa shape index (κ2) is 9.68. The van der Waals surface area contributed by atoms with E-state index in [-0.39, 0.29) is 18.3 Å². The minimum atomic E-state index is -0.549. The van der Waals surface area contributed by atoms with Crippen LogP contribution in [0.1, 0.15) is 53.3 Å². The van der Waals surface area contributed by atoms with Crippen molar-refractivity contribution >= 4 is 34.3 Å². The summed E-state index contributed by atoms with van der Waals surface area (Å²) in [5.74, 6) is -0.893. The van der Waals surface area contributed by atoms with Gasteiger partial charge in [0.15, 0.2) is 12.4 Å². The largest absolute Gasteiger partial charge is 0.454 e. The number of rotatable bonds is 9. The molecule has 3 rings (SSSR count). The molecule has 1 aromatic heterocycles. The van der Waals surface area contributed by atoms with Gasteiger partial charge in [0.25, 0.3) is 0 Å². The number of aromatic nitrogens is 1. The van der Waals surface area contributed by atoms with E-state index in [4.69, 9.17) is 4.74 Å². The first-order valence-corrected chi connectivity index (χ1v) is 9.75. The van der Waals surface area contributed by atoms with Crippen molar-refractivity contribution < 1.29 is 19.1 Å². The summed E-state index contributed by atoms with van der Waals surface area (Å²) in [5.41, 5.74) is 2.28. The van der Waals surface area contributed by atoms with Crippen LogP contribution in [0.15, 0.2) is 54.7 Å². The van der Waals surface area contributed by atoms with Crippen LogP contribution in [0.3, 0.4) is 0 Å². The molecule has 0 aliphatic heterocycles. The molecule has 0 aliphatic carbocycles. The molecule has 150 valence electrons. The smallest absolute Gasteiger partial charge is 0.340 e. The van der Waals surface area contributed by atoms with E-state index in [9.17, 15) is 14.4 Å². The summed E-state index contributed by atoms with van der Waals surface area (Å²) < 4.78 is 5.18. The van der Waals surface area contributed by atoms with Crippen molar-refractivity contribution in [2.75, 3.05) is 11.9 Å². The zero-order valence-electron chi connectivity index (χ0n) is 16.4. The molecule has 0 bridgehead atoms. The number of nitrogens with one attached hydrogen (secondary N) is 2. The van der Waals surface area contributed by atoms with Gasteiger partial charge in [-0.2, -0.15) is 0 Å². The van der Waals surface area contributed by atoms with Crippen molar-refractivity contribution in [3.8, 4) is 0 Å². The first-order chi connectivity index (χ1) is 14.1. The van der Waals surface area contributed by atoms with Crippen LogP contribution in [0.5, 0.6) is 0 Å². The van der Waals surface area contributed by atoms with Crippen molar-refractivity contribution in [3.05, 3.63) is 65.9 Å². The number of aromatic amines is 1. The topological polar surface area (TPSA) is 88.3 Å². The normalized spacial score (nSPS) is 10.7. The van der Waals surface area contributed by atoms with Gasteiger partial charge in [0, 0.05) is 34.8 Å². The highest BCUT2D eigenvalue weighted by atomic mass is 16.5. The lowest BCUT2D eigenvalue weighted by atomic mass is 10.1. The van der Waals surface area contributed by atoms with Gasteiger partial charge in [0.05, 0.1) is 5.56 Å². The average Bonchev–Trinajstić information content (AvgIpc) is 3.17.